The van der Waals surface area contributed by atoms with E-state index in [1.807, 2.05) is 0 Å². The summed E-state index contributed by atoms with van der Waals surface area (Å²) in [5.74, 6) is -1.45. The highest BCUT2D eigenvalue weighted by Crippen LogP contribution is 2.06. The van der Waals surface area contributed by atoms with Crippen LogP contribution in [0.1, 0.15) is 19.8 Å². The fraction of sp³-hybridized carbons (Fsp3) is 0.385. The fourth-order valence-corrected chi connectivity index (χ4v) is 2.58. The quantitative estimate of drug-likeness (QED) is 0.640. The van der Waals surface area contributed by atoms with Crippen molar-refractivity contribution in [1.82, 2.24) is 10.0 Å². The van der Waals surface area contributed by atoms with Crippen molar-refractivity contribution in [3.8, 4) is 0 Å². The summed E-state index contributed by atoms with van der Waals surface area (Å²) < 4.78 is 25.9. The van der Waals surface area contributed by atoms with Crippen LogP contribution < -0.4 is 10.0 Å². The molecule has 0 aliphatic carbocycles. The van der Waals surface area contributed by atoms with E-state index in [0.29, 0.717) is 0 Å². The summed E-state index contributed by atoms with van der Waals surface area (Å²) in [6.45, 7) is 1.27. The Morgan fingerprint density at radius 3 is 2.43 bits per heavy atom. The van der Waals surface area contributed by atoms with Gasteiger partial charge in [-0.3, -0.25) is 9.59 Å². The fourth-order valence-electron chi connectivity index (χ4n) is 1.58. The lowest BCUT2D eigenvalue weighted by Crippen LogP contribution is -2.41. The van der Waals surface area contributed by atoms with E-state index < -0.39 is 28.4 Å². The molecule has 1 unspecified atom stereocenters. The highest BCUT2D eigenvalue weighted by atomic mass is 32.2. The second-order valence-electron chi connectivity index (χ2n) is 4.54. The number of nitrogens with one attached hydrogen (secondary N) is 2. The maximum Gasteiger partial charge on any atom is 0.303 e. The van der Waals surface area contributed by atoms with Gasteiger partial charge in [0.15, 0.2) is 0 Å². The van der Waals surface area contributed by atoms with E-state index in [1.54, 1.807) is 25.1 Å². The molecule has 1 aromatic carbocycles. The number of benzene rings is 1. The molecule has 0 aliphatic rings. The highest BCUT2D eigenvalue weighted by Gasteiger charge is 2.16. The van der Waals surface area contributed by atoms with Crippen molar-refractivity contribution in [1.29, 1.82) is 0 Å². The summed E-state index contributed by atoms with van der Waals surface area (Å²) in [6, 6.07) is 7.38. The minimum Gasteiger partial charge on any atom is -0.481 e. The SMILES string of the molecule is CC(CCC(=O)O)NC(=O)CNS(=O)(=O)c1ccccc1. The molecule has 0 saturated heterocycles. The van der Waals surface area contributed by atoms with Crippen molar-refractivity contribution < 1.29 is 23.1 Å². The minimum absolute atomic E-state index is 0.0583. The van der Waals surface area contributed by atoms with Gasteiger partial charge in [0.05, 0.1) is 11.4 Å². The lowest BCUT2D eigenvalue weighted by atomic mass is 10.2. The highest BCUT2D eigenvalue weighted by molar-refractivity contribution is 7.89. The Kier molecular flexibility index (Phi) is 6.32. The van der Waals surface area contributed by atoms with Crippen LogP contribution in [0.4, 0.5) is 0 Å². The van der Waals surface area contributed by atoms with Crippen molar-refractivity contribution in [3.05, 3.63) is 30.3 Å². The van der Waals surface area contributed by atoms with E-state index in [1.165, 1.54) is 12.1 Å². The zero-order chi connectivity index (χ0) is 15.9. The Hall–Kier alpha value is -1.93. The summed E-state index contributed by atoms with van der Waals surface area (Å²) in [5, 5.41) is 11.1. The molecule has 0 bridgehead atoms. The first-order chi connectivity index (χ1) is 9.81. The van der Waals surface area contributed by atoms with E-state index in [4.69, 9.17) is 5.11 Å². The molecule has 1 aromatic rings. The van der Waals surface area contributed by atoms with Gasteiger partial charge >= 0.3 is 5.97 Å². The van der Waals surface area contributed by atoms with Crippen molar-refractivity contribution >= 4 is 21.9 Å². The number of carboxylic acids is 1. The van der Waals surface area contributed by atoms with Crippen molar-refractivity contribution in [2.75, 3.05) is 6.54 Å². The van der Waals surface area contributed by atoms with Crippen LogP contribution in [0, 0.1) is 0 Å². The minimum atomic E-state index is -3.72. The second-order valence-corrected chi connectivity index (χ2v) is 6.31. The number of carbonyl (C=O) groups excluding carboxylic acids is 1. The maximum atomic E-state index is 11.9. The van der Waals surface area contributed by atoms with Crippen LogP contribution in [0.3, 0.4) is 0 Å². The third-order valence-corrected chi connectivity index (χ3v) is 4.09. The Morgan fingerprint density at radius 1 is 1.24 bits per heavy atom. The van der Waals surface area contributed by atoms with E-state index in [9.17, 15) is 18.0 Å². The molecule has 7 nitrogen and oxygen atoms in total. The molecule has 8 heteroatoms. The van der Waals surface area contributed by atoms with Gasteiger partial charge in [0.1, 0.15) is 0 Å². The molecule has 21 heavy (non-hydrogen) atoms. The monoisotopic (exact) mass is 314 g/mol. The molecular formula is C13H18N2O5S. The van der Waals surface area contributed by atoms with Gasteiger partial charge in [0.25, 0.3) is 0 Å². The van der Waals surface area contributed by atoms with Crippen molar-refractivity contribution in [2.24, 2.45) is 0 Å². The van der Waals surface area contributed by atoms with Gasteiger partial charge in [-0.1, -0.05) is 18.2 Å². The van der Waals surface area contributed by atoms with E-state index >= 15 is 0 Å². The van der Waals surface area contributed by atoms with Gasteiger partial charge in [-0.05, 0) is 25.5 Å². The van der Waals surface area contributed by atoms with Crippen LogP contribution in [-0.4, -0.2) is 38.0 Å². The summed E-state index contributed by atoms with van der Waals surface area (Å²) in [7, 11) is -3.72. The van der Waals surface area contributed by atoms with Crippen LogP contribution in [0.25, 0.3) is 0 Å². The van der Waals surface area contributed by atoms with Crippen molar-refractivity contribution in [3.63, 3.8) is 0 Å². The van der Waals surface area contributed by atoms with E-state index in [-0.39, 0.29) is 23.8 Å². The average Bonchev–Trinajstić information content (AvgIpc) is 2.44. The molecule has 0 spiro atoms. The summed E-state index contributed by atoms with van der Waals surface area (Å²) in [6.07, 6.45) is 0.226. The van der Waals surface area contributed by atoms with Crippen LogP contribution >= 0.6 is 0 Å². The number of hydrogen-bond donors (Lipinski definition) is 3. The largest absolute Gasteiger partial charge is 0.481 e. The molecule has 0 aliphatic heterocycles. The Morgan fingerprint density at radius 2 is 1.86 bits per heavy atom. The molecule has 0 aromatic heterocycles. The molecular weight excluding hydrogens is 296 g/mol. The van der Waals surface area contributed by atoms with E-state index in [2.05, 4.69) is 10.0 Å². The van der Waals surface area contributed by atoms with Crippen LogP contribution in [0.2, 0.25) is 0 Å². The zero-order valence-electron chi connectivity index (χ0n) is 11.6. The van der Waals surface area contributed by atoms with E-state index in [0.717, 1.165) is 0 Å². The molecule has 116 valence electrons. The molecule has 0 heterocycles. The summed E-state index contributed by atoms with van der Waals surface area (Å²) in [5.41, 5.74) is 0. The lowest BCUT2D eigenvalue weighted by Gasteiger charge is -2.13. The first-order valence-corrected chi connectivity index (χ1v) is 7.85. The first kappa shape index (κ1) is 17.1. The first-order valence-electron chi connectivity index (χ1n) is 6.37. The third kappa shape index (κ3) is 6.37. The molecule has 1 atom stereocenters. The number of amides is 1. The second kappa shape index (κ2) is 7.75. The van der Waals surface area contributed by atoms with Gasteiger partial charge in [-0.2, -0.15) is 0 Å². The molecule has 0 fully saturated rings. The molecule has 1 amide bonds. The Balaban J connectivity index is 2.44. The van der Waals surface area contributed by atoms with Gasteiger partial charge in [-0.15, -0.1) is 0 Å². The standard InChI is InChI=1S/C13H18N2O5S/c1-10(7-8-13(17)18)15-12(16)9-14-21(19,20)11-5-3-2-4-6-11/h2-6,10,14H,7-9H2,1H3,(H,15,16)(H,17,18). The van der Waals surface area contributed by atoms with Crippen LogP contribution in [0.15, 0.2) is 35.2 Å². The van der Waals surface area contributed by atoms with Gasteiger partial charge in [0, 0.05) is 12.5 Å². The summed E-state index contributed by atoms with van der Waals surface area (Å²) in [4.78, 5) is 22.1. The maximum absolute atomic E-state index is 11.9. The molecule has 1 rings (SSSR count). The third-order valence-electron chi connectivity index (χ3n) is 2.67. The van der Waals surface area contributed by atoms with Gasteiger partial charge in [0.2, 0.25) is 15.9 Å². The normalized spacial score (nSPS) is 12.6. The lowest BCUT2D eigenvalue weighted by molar-refractivity contribution is -0.137. The number of hydrogen-bond acceptors (Lipinski definition) is 4. The summed E-state index contributed by atoms with van der Waals surface area (Å²) >= 11 is 0. The topological polar surface area (TPSA) is 113 Å². The smallest absolute Gasteiger partial charge is 0.303 e. The predicted octanol–water partition coefficient (Wildman–Crippen LogP) is 0.334. The average molecular weight is 314 g/mol. The van der Waals surface area contributed by atoms with Crippen LogP contribution in [0.5, 0.6) is 0 Å². The Bertz CT molecular complexity index is 586. The van der Waals surface area contributed by atoms with Gasteiger partial charge in [-0.25, -0.2) is 13.1 Å². The molecule has 0 radical (unpaired) electrons. The molecule has 0 saturated carbocycles. The predicted molar refractivity (Wildman–Crippen MR) is 76.1 cm³/mol. The number of aliphatic carboxylic acids is 1. The number of rotatable bonds is 8. The number of sulfonamides is 1. The van der Waals surface area contributed by atoms with Gasteiger partial charge < -0.3 is 10.4 Å². The van der Waals surface area contributed by atoms with Crippen molar-refractivity contribution in [2.45, 2.75) is 30.7 Å². The number of carbonyl (C=O) groups is 2. The number of carboxylic acid groups (broad SMARTS) is 1. The molecule has 3 N–H and O–H groups in total. The Labute approximate surface area is 123 Å². The zero-order valence-corrected chi connectivity index (χ0v) is 12.4. The van der Waals surface area contributed by atoms with Crippen LogP contribution in [-0.2, 0) is 19.6 Å².